The molecule has 0 radical (unpaired) electrons. The molecular weight excluding hydrogens is 414 g/mol. The van der Waals surface area contributed by atoms with Gasteiger partial charge in [-0.15, -0.1) is 0 Å². The van der Waals surface area contributed by atoms with Crippen molar-refractivity contribution in [3.05, 3.63) is 40.3 Å². The minimum atomic E-state index is -1.24. The minimum absolute atomic E-state index is 0.0203. The summed E-state index contributed by atoms with van der Waals surface area (Å²) in [5.41, 5.74) is 1.06. The second kappa shape index (κ2) is 7.66. The Morgan fingerprint density at radius 2 is 1.94 bits per heavy atom. The quantitative estimate of drug-likeness (QED) is 0.715. The predicted molar refractivity (Wildman–Crippen MR) is 127 cm³/mol. The zero-order valence-corrected chi connectivity index (χ0v) is 19.7. The van der Waals surface area contributed by atoms with Crippen LogP contribution in [-0.4, -0.2) is 44.2 Å². The van der Waals surface area contributed by atoms with Crippen LogP contribution in [0.5, 0.6) is 0 Å². The first kappa shape index (κ1) is 21.3. The highest BCUT2D eigenvalue weighted by atomic mass is 16.4. The van der Waals surface area contributed by atoms with Crippen molar-refractivity contribution in [2.75, 3.05) is 6.54 Å². The molecule has 33 heavy (non-hydrogen) atoms. The summed E-state index contributed by atoms with van der Waals surface area (Å²) in [5, 5.41) is 9.64. The fourth-order valence-corrected chi connectivity index (χ4v) is 8.14. The van der Waals surface area contributed by atoms with Gasteiger partial charge >= 0.3 is 5.97 Å². The molecule has 6 heteroatoms. The Bertz CT molecular complexity index is 1150. The van der Waals surface area contributed by atoms with E-state index >= 15 is 0 Å². The molecule has 3 heterocycles. The number of carboxylic acids is 1. The van der Waals surface area contributed by atoms with Gasteiger partial charge in [0.1, 0.15) is 0 Å². The summed E-state index contributed by atoms with van der Waals surface area (Å²) in [6, 6.07) is 8.31. The van der Waals surface area contributed by atoms with Gasteiger partial charge in [0.15, 0.2) is 0 Å². The van der Waals surface area contributed by atoms with Crippen molar-refractivity contribution in [3.8, 4) is 0 Å². The van der Waals surface area contributed by atoms with E-state index in [-0.39, 0.29) is 11.7 Å². The van der Waals surface area contributed by atoms with Gasteiger partial charge in [0.25, 0.3) is 5.56 Å². The molecule has 2 aliphatic heterocycles. The van der Waals surface area contributed by atoms with Crippen LogP contribution < -0.4 is 5.56 Å². The average molecular weight is 450 g/mol. The third-order valence-corrected chi connectivity index (χ3v) is 9.98. The molecule has 0 amide bonds. The summed E-state index contributed by atoms with van der Waals surface area (Å²) in [7, 11) is 0. The molecule has 4 bridgehead atoms. The molecule has 6 nitrogen and oxygen atoms in total. The van der Waals surface area contributed by atoms with E-state index < -0.39 is 11.5 Å². The topological polar surface area (TPSA) is 75.4 Å². The Balaban J connectivity index is 1.30. The van der Waals surface area contributed by atoms with Crippen LogP contribution in [0.4, 0.5) is 0 Å². The Hall–Kier alpha value is -2.21. The van der Waals surface area contributed by atoms with Crippen molar-refractivity contribution in [2.24, 2.45) is 23.2 Å². The first-order valence-corrected chi connectivity index (χ1v) is 12.9. The number of nitrogens with zero attached hydrogens (tertiary/aromatic N) is 3. The molecule has 2 saturated heterocycles. The summed E-state index contributed by atoms with van der Waals surface area (Å²) >= 11 is 0. The van der Waals surface area contributed by atoms with Crippen LogP contribution in [0.1, 0.15) is 81.7 Å². The lowest BCUT2D eigenvalue weighted by atomic mass is 9.45. The Kier molecular flexibility index (Phi) is 4.95. The maximum absolute atomic E-state index is 13.3. The van der Waals surface area contributed by atoms with Crippen LogP contribution >= 0.6 is 0 Å². The molecule has 3 aliphatic carbocycles. The number of piperidine rings is 1. The molecule has 176 valence electrons. The molecule has 0 spiro atoms. The molecule has 5 aliphatic rings. The van der Waals surface area contributed by atoms with E-state index in [0.29, 0.717) is 23.0 Å². The van der Waals surface area contributed by atoms with E-state index in [1.807, 2.05) is 24.3 Å². The largest absolute Gasteiger partial charge is 0.476 e. The van der Waals surface area contributed by atoms with Crippen LogP contribution in [0.25, 0.3) is 11.0 Å². The van der Waals surface area contributed by atoms with Crippen LogP contribution in [0.2, 0.25) is 0 Å². The van der Waals surface area contributed by atoms with E-state index in [9.17, 15) is 14.7 Å². The summed E-state index contributed by atoms with van der Waals surface area (Å²) < 4.78 is 1.79. The van der Waals surface area contributed by atoms with Gasteiger partial charge in [-0.2, -0.15) is 0 Å². The average Bonchev–Trinajstić information content (AvgIpc) is 2.99. The summed E-state index contributed by atoms with van der Waals surface area (Å²) in [4.78, 5) is 32.0. The molecular formula is C27H35N3O3. The van der Waals surface area contributed by atoms with E-state index in [1.54, 1.807) is 4.57 Å². The number of para-hydroxylation sites is 2. The van der Waals surface area contributed by atoms with Crippen molar-refractivity contribution in [2.45, 2.75) is 83.3 Å². The standard InChI is InChI=1S/C27H35N3O3/c1-27(2)17-11-10-16(19(27)14-17)12-13-29-18-6-5-9-22(29)23(15-18)30-21-8-4-3-7-20(21)28-24(25(30)31)26(32)33/h3-4,7-8,16-19,22-23H,5-6,9-15H2,1-2H3,(H,32,33)/t16-,17-,18-,19-,22+,23+/m0/s1. The Morgan fingerprint density at radius 3 is 2.70 bits per heavy atom. The fourth-order valence-electron chi connectivity index (χ4n) is 8.14. The normalized spacial score (nSPS) is 34.8. The lowest BCUT2D eigenvalue weighted by Gasteiger charge is -2.60. The van der Waals surface area contributed by atoms with Gasteiger partial charge in [0.2, 0.25) is 5.69 Å². The molecule has 3 saturated carbocycles. The maximum Gasteiger partial charge on any atom is 0.360 e. The lowest BCUT2D eigenvalue weighted by molar-refractivity contribution is -0.109. The second-order valence-corrected chi connectivity index (χ2v) is 11.6. The van der Waals surface area contributed by atoms with Crippen molar-refractivity contribution >= 4 is 17.0 Å². The van der Waals surface area contributed by atoms with E-state index in [4.69, 9.17) is 0 Å². The van der Waals surface area contributed by atoms with Gasteiger partial charge in [0.05, 0.1) is 17.1 Å². The molecule has 1 aromatic carbocycles. The van der Waals surface area contributed by atoms with Crippen molar-refractivity contribution in [1.29, 1.82) is 0 Å². The fraction of sp³-hybridized carbons (Fsp3) is 0.667. The Labute approximate surface area is 195 Å². The van der Waals surface area contributed by atoms with Gasteiger partial charge in [-0.1, -0.05) is 32.4 Å². The molecule has 6 atom stereocenters. The van der Waals surface area contributed by atoms with Crippen LogP contribution in [-0.2, 0) is 0 Å². The number of hydrogen-bond acceptors (Lipinski definition) is 4. The predicted octanol–water partition coefficient (Wildman–Crippen LogP) is 4.73. The minimum Gasteiger partial charge on any atom is -0.476 e. The van der Waals surface area contributed by atoms with Gasteiger partial charge < -0.3 is 5.11 Å². The Morgan fingerprint density at radius 1 is 1.12 bits per heavy atom. The van der Waals surface area contributed by atoms with Gasteiger partial charge in [-0.05, 0) is 86.8 Å². The van der Waals surface area contributed by atoms with Gasteiger partial charge in [-0.3, -0.25) is 14.3 Å². The first-order valence-electron chi connectivity index (χ1n) is 12.9. The number of hydrogen-bond donors (Lipinski definition) is 1. The van der Waals surface area contributed by atoms with Gasteiger partial charge in [0, 0.05) is 12.1 Å². The number of aromatic carboxylic acids is 1. The highest BCUT2D eigenvalue weighted by Crippen LogP contribution is 2.62. The highest BCUT2D eigenvalue weighted by molar-refractivity contribution is 5.88. The zero-order chi connectivity index (χ0) is 22.9. The molecule has 0 unspecified atom stereocenters. The van der Waals surface area contributed by atoms with Crippen molar-refractivity contribution in [3.63, 3.8) is 0 Å². The molecule has 2 aromatic rings. The van der Waals surface area contributed by atoms with E-state index in [0.717, 1.165) is 42.7 Å². The number of aromatic nitrogens is 2. The highest BCUT2D eigenvalue weighted by Gasteiger charge is 2.54. The number of rotatable bonds is 5. The summed E-state index contributed by atoms with van der Waals surface area (Å²) in [6.45, 7) is 6.05. The SMILES string of the molecule is CC1(C)[C@H]2CC[C@@H](CCN3[C@H]4CCC[C@@H]3[C@H](n3c(=O)c(C(=O)O)nc5ccccc53)C4)[C@@H]1C2. The van der Waals surface area contributed by atoms with Gasteiger partial charge in [-0.25, -0.2) is 9.78 Å². The number of carbonyl (C=O) groups is 1. The van der Waals surface area contributed by atoms with E-state index in [1.165, 1.54) is 38.5 Å². The summed E-state index contributed by atoms with van der Waals surface area (Å²) in [6.07, 6.45) is 9.82. The molecule has 1 N–H and O–H groups in total. The van der Waals surface area contributed by atoms with Crippen LogP contribution in [0.3, 0.4) is 0 Å². The molecule has 7 rings (SSSR count). The van der Waals surface area contributed by atoms with Crippen LogP contribution in [0.15, 0.2) is 29.1 Å². The van der Waals surface area contributed by atoms with Crippen molar-refractivity contribution < 1.29 is 9.90 Å². The zero-order valence-electron chi connectivity index (χ0n) is 19.7. The monoisotopic (exact) mass is 449 g/mol. The number of benzene rings is 1. The third kappa shape index (κ3) is 3.20. The second-order valence-electron chi connectivity index (χ2n) is 11.6. The smallest absolute Gasteiger partial charge is 0.360 e. The molecule has 5 fully saturated rings. The van der Waals surface area contributed by atoms with E-state index in [2.05, 4.69) is 23.7 Å². The molecule has 1 aromatic heterocycles. The first-order chi connectivity index (χ1) is 15.9. The van der Waals surface area contributed by atoms with Crippen molar-refractivity contribution in [1.82, 2.24) is 14.5 Å². The number of carboxylic acid groups (broad SMARTS) is 1. The third-order valence-electron chi connectivity index (χ3n) is 9.98. The lowest BCUT2D eigenvalue weighted by Crippen LogP contribution is -2.53. The number of fused-ring (bicyclic) bond motifs is 5. The maximum atomic E-state index is 13.3. The summed E-state index contributed by atoms with van der Waals surface area (Å²) in [5.74, 6) is 1.40. The van der Waals surface area contributed by atoms with Crippen LogP contribution in [0, 0.1) is 23.2 Å².